The quantitative estimate of drug-likeness (QED) is 0.707. The molecular weight excluding hydrogens is 441 g/mol. The van der Waals surface area contributed by atoms with Gasteiger partial charge < -0.3 is 19.6 Å². The molecule has 2 atom stereocenters. The number of fused-ring (bicyclic) bond motifs is 1. The molecule has 2 saturated heterocycles. The van der Waals surface area contributed by atoms with Crippen LogP contribution in [-0.4, -0.2) is 92.2 Å². The fraction of sp³-hybridized carbons (Fsp3) is 0.579. The number of ether oxygens (including phenoxy) is 1. The zero-order valence-corrected chi connectivity index (χ0v) is 17.9. The molecule has 2 fully saturated rings. The highest BCUT2D eigenvalue weighted by Crippen LogP contribution is 2.27. The Kier molecular flexibility index (Phi) is 7.93. The molecule has 0 aromatic heterocycles. The summed E-state index contributed by atoms with van der Waals surface area (Å²) in [6.45, 7) is 1.63. The van der Waals surface area contributed by atoms with Crippen molar-refractivity contribution in [2.45, 2.75) is 30.3 Å². The molecule has 2 aliphatic rings. The van der Waals surface area contributed by atoms with Gasteiger partial charge in [0, 0.05) is 31.2 Å². The first-order chi connectivity index (χ1) is 14.4. The van der Waals surface area contributed by atoms with Gasteiger partial charge in [0.25, 0.3) is 5.91 Å². The van der Waals surface area contributed by atoms with Gasteiger partial charge >= 0.3 is 12.1 Å². The van der Waals surface area contributed by atoms with Gasteiger partial charge in [-0.1, -0.05) is 6.07 Å². The third-order valence-corrected chi connectivity index (χ3v) is 7.63. The molecule has 12 heteroatoms. The van der Waals surface area contributed by atoms with E-state index in [0.717, 1.165) is 0 Å². The molecule has 0 aliphatic carbocycles. The second kappa shape index (κ2) is 9.86. The van der Waals surface area contributed by atoms with Crippen LogP contribution in [0.3, 0.4) is 0 Å². The van der Waals surface area contributed by atoms with Gasteiger partial charge in [0.1, 0.15) is 5.75 Å². The normalized spacial score (nSPS) is 23.6. The molecule has 1 aromatic carbocycles. The number of hydrogen-bond acceptors (Lipinski definition) is 6. The molecule has 0 unspecified atom stereocenters. The number of sulfone groups is 1. The average molecular weight is 466 g/mol. The number of nitrogens with zero attached hydrogens (tertiary/aromatic N) is 2. The van der Waals surface area contributed by atoms with Crippen molar-refractivity contribution in [3.63, 3.8) is 0 Å². The number of hydrogen-bond donors (Lipinski definition) is 1. The fourth-order valence-electron chi connectivity index (χ4n) is 3.71. The molecule has 31 heavy (non-hydrogen) atoms. The highest BCUT2D eigenvalue weighted by Gasteiger charge is 2.42. The average Bonchev–Trinajstić information content (AvgIpc) is 2.95. The van der Waals surface area contributed by atoms with Crippen LogP contribution in [0.25, 0.3) is 0 Å². The number of benzene rings is 1. The minimum atomic E-state index is -5.08. The topological polar surface area (TPSA) is 104 Å². The minimum Gasteiger partial charge on any atom is -0.497 e. The molecule has 0 radical (unpaired) electrons. The number of carbonyl (C=O) groups is 2. The standard InChI is InChI=1S/C17H24N2O4S.C2HF3O2/c1-18-10-11-24(21,22)16-7-9-19(8-6-15(16)18)17(20)13-4-3-5-14(12-13)23-2;3-2(4,5)1(6)7/h3-5,12,15-16H,6-11H2,1-2H3;(H,6,7)/t15-,16+;/m0./s1. The van der Waals surface area contributed by atoms with Crippen molar-refractivity contribution in [3.05, 3.63) is 29.8 Å². The van der Waals surface area contributed by atoms with E-state index in [4.69, 9.17) is 14.6 Å². The number of halogens is 3. The van der Waals surface area contributed by atoms with Gasteiger partial charge in [0.2, 0.25) is 0 Å². The van der Waals surface area contributed by atoms with Crippen LogP contribution in [0.5, 0.6) is 5.75 Å². The molecule has 2 aliphatic heterocycles. The number of aliphatic carboxylic acids is 1. The monoisotopic (exact) mass is 466 g/mol. The van der Waals surface area contributed by atoms with Crippen molar-refractivity contribution >= 4 is 21.7 Å². The van der Waals surface area contributed by atoms with E-state index in [0.29, 0.717) is 43.8 Å². The lowest BCUT2D eigenvalue weighted by Gasteiger charge is -2.37. The largest absolute Gasteiger partial charge is 0.497 e. The van der Waals surface area contributed by atoms with E-state index in [-0.39, 0.29) is 23.0 Å². The van der Waals surface area contributed by atoms with Crippen LogP contribution in [0.1, 0.15) is 23.2 Å². The van der Waals surface area contributed by atoms with E-state index in [2.05, 4.69) is 4.90 Å². The highest BCUT2D eigenvalue weighted by molar-refractivity contribution is 7.92. The summed E-state index contributed by atoms with van der Waals surface area (Å²) < 4.78 is 61.7. The maximum absolute atomic E-state index is 12.8. The second-order valence-corrected chi connectivity index (χ2v) is 9.70. The molecule has 8 nitrogen and oxygen atoms in total. The van der Waals surface area contributed by atoms with Gasteiger partial charge in [-0.05, 0) is 38.1 Å². The molecular formula is C19H25F3N2O6S. The first kappa shape index (κ1) is 24.9. The number of likely N-dealkylation sites (tertiary alicyclic amines) is 1. The predicted octanol–water partition coefficient (Wildman–Crippen LogP) is 1.66. The van der Waals surface area contributed by atoms with Crippen LogP contribution in [0.15, 0.2) is 24.3 Å². The Bertz CT molecular complexity index is 906. The fourth-order valence-corrected chi connectivity index (χ4v) is 5.85. The number of carboxylic acids is 1. The minimum absolute atomic E-state index is 0.00635. The van der Waals surface area contributed by atoms with Gasteiger partial charge in [-0.2, -0.15) is 13.2 Å². The number of carbonyl (C=O) groups excluding carboxylic acids is 1. The van der Waals surface area contributed by atoms with E-state index in [9.17, 15) is 26.4 Å². The zero-order valence-electron chi connectivity index (χ0n) is 17.1. The van der Waals surface area contributed by atoms with Crippen molar-refractivity contribution in [3.8, 4) is 5.75 Å². The highest BCUT2D eigenvalue weighted by atomic mass is 32.2. The van der Waals surface area contributed by atoms with Gasteiger partial charge in [-0.25, -0.2) is 13.2 Å². The van der Waals surface area contributed by atoms with E-state index in [1.807, 2.05) is 7.05 Å². The van der Waals surface area contributed by atoms with Gasteiger partial charge in [0.05, 0.1) is 18.1 Å². The maximum atomic E-state index is 12.8. The van der Waals surface area contributed by atoms with Crippen LogP contribution in [-0.2, 0) is 14.6 Å². The van der Waals surface area contributed by atoms with Gasteiger partial charge in [-0.15, -0.1) is 0 Å². The number of carboxylic acid groups (broad SMARTS) is 1. The summed E-state index contributed by atoms with van der Waals surface area (Å²) in [6.07, 6.45) is -3.89. The first-order valence-electron chi connectivity index (χ1n) is 9.52. The lowest BCUT2D eigenvalue weighted by Crippen LogP contribution is -2.52. The van der Waals surface area contributed by atoms with Crippen LogP contribution in [0.2, 0.25) is 0 Å². The zero-order chi connectivity index (χ0) is 23.4. The summed E-state index contributed by atoms with van der Waals surface area (Å²) in [7, 11) is 0.484. The Balaban J connectivity index is 0.000000423. The lowest BCUT2D eigenvalue weighted by molar-refractivity contribution is -0.192. The molecule has 2 heterocycles. The van der Waals surface area contributed by atoms with Crippen molar-refractivity contribution < 1.29 is 41.0 Å². The van der Waals surface area contributed by atoms with E-state index in [1.165, 1.54) is 0 Å². The number of alkyl halides is 3. The smallest absolute Gasteiger partial charge is 0.490 e. The Hall–Kier alpha value is -2.34. The molecule has 0 spiro atoms. The Morgan fingerprint density at radius 2 is 1.77 bits per heavy atom. The second-order valence-electron chi connectivity index (χ2n) is 7.36. The van der Waals surface area contributed by atoms with E-state index < -0.39 is 22.0 Å². The number of methoxy groups -OCH3 is 1. The SMILES string of the molecule is COc1cccc(C(=O)N2CC[C@@H]3[C@H](CC2)N(C)CCS3(=O)=O)c1.O=C(O)C(F)(F)F. The Morgan fingerprint density at radius 3 is 2.35 bits per heavy atom. The lowest BCUT2D eigenvalue weighted by atomic mass is 10.1. The first-order valence-corrected chi connectivity index (χ1v) is 11.2. The molecule has 1 N–H and O–H groups in total. The number of amides is 1. The summed E-state index contributed by atoms with van der Waals surface area (Å²) in [5, 5.41) is 6.76. The molecule has 3 rings (SSSR count). The third-order valence-electron chi connectivity index (χ3n) is 5.41. The van der Waals surface area contributed by atoms with Crippen LogP contribution >= 0.6 is 0 Å². The summed E-state index contributed by atoms with van der Waals surface area (Å²) in [6, 6.07) is 7.10. The molecule has 0 bridgehead atoms. The molecule has 174 valence electrons. The maximum Gasteiger partial charge on any atom is 0.490 e. The summed E-state index contributed by atoms with van der Waals surface area (Å²) >= 11 is 0. The molecule has 1 amide bonds. The van der Waals surface area contributed by atoms with Crippen molar-refractivity contribution in [2.24, 2.45) is 0 Å². The van der Waals surface area contributed by atoms with Crippen molar-refractivity contribution in [1.29, 1.82) is 0 Å². The Labute approximate surface area is 178 Å². The van der Waals surface area contributed by atoms with Crippen molar-refractivity contribution in [1.82, 2.24) is 9.80 Å². The van der Waals surface area contributed by atoms with Crippen LogP contribution in [0, 0.1) is 0 Å². The van der Waals surface area contributed by atoms with Crippen LogP contribution in [0.4, 0.5) is 13.2 Å². The predicted molar refractivity (Wildman–Crippen MR) is 106 cm³/mol. The summed E-state index contributed by atoms with van der Waals surface area (Å²) in [5.41, 5.74) is 0.579. The summed E-state index contributed by atoms with van der Waals surface area (Å²) in [4.78, 5) is 25.6. The van der Waals surface area contributed by atoms with E-state index in [1.54, 1.807) is 36.3 Å². The van der Waals surface area contributed by atoms with Gasteiger partial charge in [0.15, 0.2) is 9.84 Å². The summed E-state index contributed by atoms with van der Waals surface area (Å²) in [5.74, 6) is -1.96. The van der Waals surface area contributed by atoms with Crippen molar-refractivity contribution in [2.75, 3.05) is 39.5 Å². The third kappa shape index (κ3) is 6.33. The number of rotatable bonds is 2. The van der Waals surface area contributed by atoms with Gasteiger partial charge in [-0.3, -0.25) is 4.79 Å². The molecule has 0 saturated carbocycles. The molecule has 1 aromatic rings. The van der Waals surface area contributed by atoms with Crippen LogP contribution < -0.4 is 4.74 Å². The Morgan fingerprint density at radius 1 is 1.16 bits per heavy atom. The van der Waals surface area contributed by atoms with E-state index >= 15 is 0 Å².